The lowest BCUT2D eigenvalue weighted by Crippen LogP contribution is -1.99. The highest BCUT2D eigenvalue weighted by atomic mass is 35.5. The smallest absolute Gasteiger partial charge is 0.148 e. The fourth-order valence-corrected chi connectivity index (χ4v) is 2.35. The SMILES string of the molecule is Cc1c(-c2ccccc2)nn(-c2ccccc2F)c1Cl. The number of rotatable bonds is 2. The van der Waals surface area contributed by atoms with Gasteiger partial charge in [0.15, 0.2) is 0 Å². The van der Waals surface area contributed by atoms with Crippen LogP contribution in [0.25, 0.3) is 16.9 Å². The maximum Gasteiger partial charge on any atom is 0.148 e. The van der Waals surface area contributed by atoms with Gasteiger partial charge in [0.05, 0.1) is 5.69 Å². The lowest BCUT2D eigenvalue weighted by molar-refractivity contribution is 0.611. The first-order valence-electron chi connectivity index (χ1n) is 6.24. The third kappa shape index (κ3) is 2.10. The summed E-state index contributed by atoms with van der Waals surface area (Å²) >= 11 is 6.30. The van der Waals surface area contributed by atoms with Gasteiger partial charge in [-0.1, -0.05) is 54.1 Å². The van der Waals surface area contributed by atoms with Crippen LogP contribution in [0.1, 0.15) is 5.56 Å². The maximum atomic E-state index is 13.9. The molecule has 0 fully saturated rings. The molecule has 2 nitrogen and oxygen atoms in total. The van der Waals surface area contributed by atoms with E-state index in [0.717, 1.165) is 16.8 Å². The summed E-state index contributed by atoms with van der Waals surface area (Å²) in [6, 6.07) is 16.2. The molecule has 0 spiro atoms. The molecule has 1 aromatic heterocycles. The summed E-state index contributed by atoms with van der Waals surface area (Å²) in [5.74, 6) is -0.350. The average molecular weight is 287 g/mol. The van der Waals surface area contributed by atoms with Crippen molar-refractivity contribution in [3.8, 4) is 16.9 Å². The topological polar surface area (TPSA) is 17.8 Å². The zero-order valence-corrected chi connectivity index (χ0v) is 11.6. The van der Waals surface area contributed by atoms with Gasteiger partial charge >= 0.3 is 0 Å². The molecule has 3 rings (SSSR count). The van der Waals surface area contributed by atoms with Crippen molar-refractivity contribution in [2.45, 2.75) is 6.92 Å². The van der Waals surface area contributed by atoms with Crippen LogP contribution in [0, 0.1) is 12.7 Å². The number of benzene rings is 2. The molecule has 2 aromatic carbocycles. The summed E-state index contributed by atoms with van der Waals surface area (Å²) in [5, 5.41) is 4.88. The molecule has 3 aromatic rings. The Morgan fingerprint density at radius 2 is 1.65 bits per heavy atom. The van der Waals surface area contributed by atoms with E-state index < -0.39 is 0 Å². The van der Waals surface area contributed by atoms with Crippen molar-refractivity contribution >= 4 is 11.6 Å². The highest BCUT2D eigenvalue weighted by Crippen LogP contribution is 2.30. The minimum atomic E-state index is -0.350. The molecule has 0 unspecified atom stereocenters. The summed E-state index contributed by atoms with van der Waals surface area (Å²) in [6.07, 6.45) is 0. The lowest BCUT2D eigenvalue weighted by Gasteiger charge is -2.03. The molecule has 0 aliphatic carbocycles. The second-order valence-electron chi connectivity index (χ2n) is 4.49. The van der Waals surface area contributed by atoms with Crippen LogP contribution in [-0.2, 0) is 0 Å². The standard InChI is InChI=1S/C16H12ClFN2/c1-11-15(12-7-3-2-4-8-12)19-20(16(11)17)14-10-6-5-9-13(14)18/h2-10H,1H3. The molecule has 0 atom stereocenters. The molecule has 0 aliphatic heterocycles. The lowest BCUT2D eigenvalue weighted by atomic mass is 10.1. The van der Waals surface area contributed by atoms with E-state index in [2.05, 4.69) is 5.10 Å². The van der Waals surface area contributed by atoms with Crippen molar-refractivity contribution in [2.75, 3.05) is 0 Å². The van der Waals surface area contributed by atoms with Crippen molar-refractivity contribution < 1.29 is 4.39 Å². The number of hydrogen-bond donors (Lipinski definition) is 0. The molecule has 0 bridgehead atoms. The Labute approximate surface area is 121 Å². The van der Waals surface area contributed by atoms with Gasteiger partial charge in [-0.05, 0) is 19.1 Å². The first-order valence-corrected chi connectivity index (χ1v) is 6.61. The Morgan fingerprint density at radius 3 is 2.35 bits per heavy atom. The van der Waals surface area contributed by atoms with Gasteiger partial charge in [0.2, 0.25) is 0 Å². The van der Waals surface area contributed by atoms with E-state index in [1.165, 1.54) is 10.7 Å². The van der Waals surface area contributed by atoms with Crippen molar-refractivity contribution in [1.29, 1.82) is 0 Å². The first kappa shape index (κ1) is 12.9. The van der Waals surface area contributed by atoms with Crippen molar-refractivity contribution in [3.05, 3.63) is 71.1 Å². The second-order valence-corrected chi connectivity index (χ2v) is 4.85. The van der Waals surface area contributed by atoms with Gasteiger partial charge in [0.25, 0.3) is 0 Å². The highest BCUT2D eigenvalue weighted by molar-refractivity contribution is 6.31. The van der Waals surface area contributed by atoms with Crippen molar-refractivity contribution in [1.82, 2.24) is 9.78 Å². The molecular formula is C16H12ClFN2. The molecule has 4 heteroatoms. The van der Waals surface area contributed by atoms with Gasteiger partial charge < -0.3 is 0 Å². The predicted molar refractivity (Wildman–Crippen MR) is 78.7 cm³/mol. The number of aromatic nitrogens is 2. The van der Waals surface area contributed by atoms with Crippen LogP contribution in [0.2, 0.25) is 5.15 Å². The summed E-state index contributed by atoms with van der Waals surface area (Å²) in [6.45, 7) is 1.88. The molecule has 0 amide bonds. The molecular weight excluding hydrogens is 275 g/mol. The fourth-order valence-electron chi connectivity index (χ4n) is 2.13. The minimum absolute atomic E-state index is 0.350. The largest absolute Gasteiger partial charge is 0.218 e. The summed E-state index contributed by atoms with van der Waals surface area (Å²) in [4.78, 5) is 0. The van der Waals surface area contributed by atoms with E-state index in [1.54, 1.807) is 18.2 Å². The zero-order chi connectivity index (χ0) is 14.1. The van der Waals surface area contributed by atoms with E-state index in [0.29, 0.717) is 10.8 Å². The second kappa shape index (κ2) is 5.10. The first-order chi connectivity index (χ1) is 9.68. The number of para-hydroxylation sites is 1. The Kier molecular flexibility index (Phi) is 3.28. The van der Waals surface area contributed by atoms with Gasteiger partial charge in [-0.3, -0.25) is 0 Å². The van der Waals surface area contributed by atoms with Gasteiger partial charge in [0.1, 0.15) is 16.7 Å². The zero-order valence-electron chi connectivity index (χ0n) is 10.8. The van der Waals surface area contributed by atoms with Crippen LogP contribution in [-0.4, -0.2) is 9.78 Å². The Morgan fingerprint density at radius 1 is 1.00 bits per heavy atom. The molecule has 100 valence electrons. The van der Waals surface area contributed by atoms with E-state index in [4.69, 9.17) is 11.6 Å². The van der Waals surface area contributed by atoms with Crippen LogP contribution in [0.15, 0.2) is 54.6 Å². The molecule has 0 aliphatic rings. The Hall–Kier alpha value is -2.13. The maximum absolute atomic E-state index is 13.9. The van der Waals surface area contributed by atoms with Crippen molar-refractivity contribution in [3.63, 3.8) is 0 Å². The van der Waals surface area contributed by atoms with E-state index in [-0.39, 0.29) is 5.82 Å². The normalized spacial score (nSPS) is 10.8. The van der Waals surface area contributed by atoms with Crippen LogP contribution >= 0.6 is 11.6 Å². The monoisotopic (exact) mass is 286 g/mol. The number of halogens is 2. The molecule has 0 radical (unpaired) electrons. The minimum Gasteiger partial charge on any atom is -0.218 e. The van der Waals surface area contributed by atoms with E-state index in [9.17, 15) is 4.39 Å². The molecule has 0 saturated heterocycles. The van der Waals surface area contributed by atoms with Crippen molar-refractivity contribution in [2.24, 2.45) is 0 Å². The van der Waals surface area contributed by atoms with Crippen LogP contribution in [0.4, 0.5) is 4.39 Å². The van der Waals surface area contributed by atoms with Crippen LogP contribution in [0.5, 0.6) is 0 Å². The highest BCUT2D eigenvalue weighted by Gasteiger charge is 2.16. The molecule has 20 heavy (non-hydrogen) atoms. The predicted octanol–water partition coefficient (Wildman–Crippen LogP) is 4.64. The summed E-state index contributed by atoms with van der Waals surface area (Å²) < 4.78 is 15.3. The number of nitrogens with zero attached hydrogens (tertiary/aromatic N) is 2. The number of hydrogen-bond acceptors (Lipinski definition) is 1. The Balaban J connectivity index is 2.19. The third-order valence-electron chi connectivity index (χ3n) is 3.18. The van der Waals surface area contributed by atoms with Gasteiger partial charge in [-0.2, -0.15) is 5.10 Å². The average Bonchev–Trinajstić information content (AvgIpc) is 2.77. The molecule has 1 heterocycles. The Bertz CT molecular complexity index is 750. The summed E-state index contributed by atoms with van der Waals surface area (Å²) in [5.41, 5.74) is 2.91. The van der Waals surface area contributed by atoms with Gasteiger partial charge in [-0.25, -0.2) is 9.07 Å². The fraction of sp³-hybridized carbons (Fsp3) is 0.0625. The summed E-state index contributed by atoms with van der Waals surface area (Å²) in [7, 11) is 0. The van der Waals surface area contributed by atoms with Gasteiger partial charge in [0, 0.05) is 11.1 Å². The van der Waals surface area contributed by atoms with E-state index in [1.807, 2.05) is 37.3 Å². The van der Waals surface area contributed by atoms with Crippen LogP contribution < -0.4 is 0 Å². The quantitative estimate of drug-likeness (QED) is 0.671. The third-order valence-corrected chi connectivity index (χ3v) is 3.62. The van der Waals surface area contributed by atoms with Gasteiger partial charge in [-0.15, -0.1) is 0 Å². The molecule has 0 N–H and O–H groups in total. The van der Waals surface area contributed by atoms with Crippen LogP contribution in [0.3, 0.4) is 0 Å². The molecule has 0 saturated carbocycles. The van der Waals surface area contributed by atoms with E-state index >= 15 is 0 Å².